The molecule has 5 N–H and O–H groups in total. The molecule has 3 heterocycles. The highest BCUT2D eigenvalue weighted by Crippen LogP contribution is 2.30. The minimum Gasteiger partial charge on any atom is -0.433 e. The second-order valence-corrected chi connectivity index (χ2v) is 9.19. The number of nitrogen functional groups attached to an aromatic ring is 1. The van der Waals surface area contributed by atoms with Gasteiger partial charge in [-0.1, -0.05) is 0 Å². The van der Waals surface area contributed by atoms with Crippen LogP contribution in [0.4, 0.5) is 5.82 Å². The Kier molecular flexibility index (Phi) is 7.84. The summed E-state index contributed by atoms with van der Waals surface area (Å²) in [6.45, 7) is 6.91. The average Bonchev–Trinajstić information content (AvgIpc) is 3.33. The smallest absolute Gasteiger partial charge is 0.263 e. The van der Waals surface area contributed by atoms with Gasteiger partial charge in [-0.15, -0.1) is 0 Å². The molecule has 10 heteroatoms. The van der Waals surface area contributed by atoms with Gasteiger partial charge in [-0.05, 0) is 75.6 Å². The van der Waals surface area contributed by atoms with E-state index in [0.29, 0.717) is 24.0 Å². The van der Waals surface area contributed by atoms with Crippen LogP contribution in [0.2, 0.25) is 0 Å². The van der Waals surface area contributed by atoms with Crippen LogP contribution in [0.15, 0.2) is 47.6 Å². The Balaban J connectivity index is 1.51. The molecule has 0 bridgehead atoms. The maximum Gasteiger partial charge on any atom is 0.263 e. The van der Waals surface area contributed by atoms with Crippen molar-refractivity contribution >= 4 is 12.0 Å². The van der Waals surface area contributed by atoms with E-state index in [1.165, 1.54) is 11.8 Å². The van der Waals surface area contributed by atoms with Gasteiger partial charge in [0.2, 0.25) is 0 Å². The average molecular weight is 490 g/mol. The predicted octanol–water partition coefficient (Wildman–Crippen LogP) is 3.19. The SMILES string of the molecule is CN=CC(=CN)NCc1c(C)cc(-c2cnc(N)c(Oc3cnn(C4CCN(C)CC4)c3)n2)cc1C. The second-order valence-electron chi connectivity index (χ2n) is 9.19. The molecule has 0 amide bonds. The van der Waals surface area contributed by atoms with Crippen LogP contribution in [-0.2, 0) is 6.54 Å². The zero-order chi connectivity index (χ0) is 25.7. The molecule has 1 aromatic carbocycles. The van der Waals surface area contributed by atoms with Crippen LogP contribution in [0, 0.1) is 13.8 Å². The highest BCUT2D eigenvalue weighted by atomic mass is 16.5. The number of hydrogen-bond donors (Lipinski definition) is 3. The van der Waals surface area contributed by atoms with Crippen molar-refractivity contribution in [2.45, 2.75) is 39.3 Å². The van der Waals surface area contributed by atoms with E-state index in [4.69, 9.17) is 16.2 Å². The molecular formula is C26H35N9O. The summed E-state index contributed by atoms with van der Waals surface area (Å²) < 4.78 is 7.99. The Morgan fingerprint density at radius 2 is 1.94 bits per heavy atom. The molecule has 0 spiro atoms. The molecule has 1 aliphatic rings. The van der Waals surface area contributed by atoms with E-state index in [9.17, 15) is 0 Å². The standard InChI is InChI=1S/C26H35N9O/c1-17-9-19(10-18(2)23(17)14-30-20(11-27)12-29-3)24-15-31-25(28)26(33-24)36-22-13-32-35(16-22)21-5-7-34(4)8-6-21/h9-13,15-16,21,30H,5-8,14,27H2,1-4H3,(H2,28,31). The minimum absolute atomic E-state index is 0.235. The summed E-state index contributed by atoms with van der Waals surface area (Å²) in [7, 11) is 3.86. The van der Waals surface area contributed by atoms with Gasteiger partial charge in [-0.2, -0.15) is 5.10 Å². The van der Waals surface area contributed by atoms with Crippen LogP contribution in [0.1, 0.15) is 35.6 Å². The number of piperidine rings is 1. The van der Waals surface area contributed by atoms with E-state index in [-0.39, 0.29) is 11.7 Å². The Morgan fingerprint density at radius 3 is 2.61 bits per heavy atom. The lowest BCUT2D eigenvalue weighted by Crippen LogP contribution is -2.31. The van der Waals surface area contributed by atoms with Gasteiger partial charge in [0.15, 0.2) is 11.6 Å². The number of nitrogens with two attached hydrogens (primary N) is 2. The number of anilines is 1. The first-order valence-corrected chi connectivity index (χ1v) is 12.1. The largest absolute Gasteiger partial charge is 0.433 e. The Morgan fingerprint density at radius 1 is 1.22 bits per heavy atom. The molecule has 2 aromatic heterocycles. The molecule has 0 atom stereocenters. The molecule has 0 aliphatic carbocycles. The Hall–Kier alpha value is -3.92. The second kappa shape index (κ2) is 11.2. The van der Waals surface area contributed by atoms with Gasteiger partial charge in [0.1, 0.15) is 0 Å². The van der Waals surface area contributed by atoms with Crippen LogP contribution in [0.25, 0.3) is 11.3 Å². The fraction of sp³-hybridized carbons (Fsp3) is 0.385. The summed E-state index contributed by atoms with van der Waals surface area (Å²) in [6.07, 6.45) is 10.6. The number of benzene rings is 1. The first kappa shape index (κ1) is 25.2. The molecule has 190 valence electrons. The van der Waals surface area contributed by atoms with Crippen molar-refractivity contribution in [3.63, 3.8) is 0 Å². The Bertz CT molecular complexity index is 1230. The number of ether oxygens (including phenoxy) is 1. The number of hydrogen-bond acceptors (Lipinski definition) is 9. The van der Waals surface area contributed by atoms with Gasteiger partial charge >= 0.3 is 0 Å². The third-order valence-electron chi connectivity index (χ3n) is 6.53. The molecule has 0 radical (unpaired) electrons. The number of allylic oxidation sites excluding steroid dienone is 1. The summed E-state index contributed by atoms with van der Waals surface area (Å²) in [5.41, 5.74) is 17.6. The first-order chi connectivity index (χ1) is 17.4. The van der Waals surface area contributed by atoms with E-state index < -0.39 is 0 Å². The number of nitrogens with one attached hydrogen (secondary N) is 1. The minimum atomic E-state index is 0.235. The highest BCUT2D eigenvalue weighted by molar-refractivity contribution is 5.77. The fourth-order valence-electron chi connectivity index (χ4n) is 4.44. The summed E-state index contributed by atoms with van der Waals surface area (Å²) in [5.74, 6) is 1.10. The van der Waals surface area contributed by atoms with E-state index in [1.807, 2.05) is 10.9 Å². The van der Waals surface area contributed by atoms with Crippen LogP contribution in [0.3, 0.4) is 0 Å². The third kappa shape index (κ3) is 5.83. The first-order valence-electron chi connectivity index (χ1n) is 12.1. The number of aromatic nitrogens is 4. The molecule has 1 aliphatic heterocycles. The van der Waals surface area contributed by atoms with Crippen molar-refractivity contribution in [2.75, 3.05) is 32.9 Å². The zero-order valence-corrected chi connectivity index (χ0v) is 21.4. The third-order valence-corrected chi connectivity index (χ3v) is 6.53. The maximum absolute atomic E-state index is 6.10. The highest BCUT2D eigenvalue weighted by Gasteiger charge is 2.20. The number of nitrogens with zero attached hydrogens (tertiary/aromatic N) is 6. The quantitative estimate of drug-likeness (QED) is 0.411. The normalized spacial score (nSPS) is 15.5. The lowest BCUT2D eigenvalue weighted by molar-refractivity contribution is 0.212. The van der Waals surface area contributed by atoms with E-state index in [0.717, 1.165) is 48.3 Å². The summed E-state index contributed by atoms with van der Waals surface area (Å²) in [4.78, 5) is 15.4. The van der Waals surface area contributed by atoms with Gasteiger partial charge in [-0.25, -0.2) is 9.97 Å². The van der Waals surface area contributed by atoms with Crippen molar-refractivity contribution in [3.8, 4) is 22.9 Å². The molecular weight excluding hydrogens is 454 g/mol. The van der Waals surface area contributed by atoms with E-state index in [2.05, 4.69) is 63.3 Å². The molecule has 0 unspecified atom stereocenters. The fourth-order valence-corrected chi connectivity index (χ4v) is 4.44. The van der Waals surface area contributed by atoms with Crippen LogP contribution < -0.4 is 21.5 Å². The zero-order valence-electron chi connectivity index (χ0n) is 21.4. The molecule has 36 heavy (non-hydrogen) atoms. The number of likely N-dealkylation sites (tertiary alicyclic amines) is 1. The van der Waals surface area contributed by atoms with E-state index >= 15 is 0 Å². The molecule has 1 saturated heterocycles. The van der Waals surface area contributed by atoms with Gasteiger partial charge < -0.3 is 26.4 Å². The van der Waals surface area contributed by atoms with Gasteiger partial charge in [-0.3, -0.25) is 9.67 Å². The van der Waals surface area contributed by atoms with Crippen molar-refractivity contribution in [3.05, 3.63) is 59.3 Å². The number of aryl methyl sites for hydroxylation is 2. The topological polar surface area (TPSA) is 132 Å². The predicted molar refractivity (Wildman–Crippen MR) is 143 cm³/mol. The molecule has 4 rings (SSSR count). The molecule has 10 nitrogen and oxygen atoms in total. The maximum atomic E-state index is 6.10. The van der Waals surface area contributed by atoms with Gasteiger partial charge in [0, 0.05) is 31.6 Å². The van der Waals surface area contributed by atoms with E-state index in [1.54, 1.807) is 25.7 Å². The number of rotatable bonds is 8. The van der Waals surface area contributed by atoms with Gasteiger partial charge in [0.25, 0.3) is 5.88 Å². The van der Waals surface area contributed by atoms with Crippen molar-refractivity contribution in [1.82, 2.24) is 30.0 Å². The number of aliphatic imine (C=N–C) groups is 1. The molecule has 3 aromatic rings. The lowest BCUT2D eigenvalue weighted by Gasteiger charge is -2.28. The van der Waals surface area contributed by atoms with Crippen LogP contribution >= 0.6 is 0 Å². The van der Waals surface area contributed by atoms with Crippen molar-refractivity contribution in [1.29, 1.82) is 0 Å². The van der Waals surface area contributed by atoms with Gasteiger partial charge in [0.05, 0.1) is 36.0 Å². The lowest BCUT2D eigenvalue weighted by atomic mass is 9.98. The van der Waals surface area contributed by atoms with Crippen molar-refractivity contribution in [2.24, 2.45) is 10.7 Å². The summed E-state index contributed by atoms with van der Waals surface area (Å²) in [5, 5.41) is 7.82. The molecule has 0 saturated carbocycles. The summed E-state index contributed by atoms with van der Waals surface area (Å²) >= 11 is 0. The molecule has 1 fully saturated rings. The Labute approximate surface area is 212 Å². The van der Waals surface area contributed by atoms with Crippen LogP contribution in [-0.4, -0.2) is 58.0 Å². The van der Waals surface area contributed by atoms with Crippen LogP contribution in [0.5, 0.6) is 11.6 Å². The summed E-state index contributed by atoms with van der Waals surface area (Å²) in [6, 6.07) is 4.55. The van der Waals surface area contributed by atoms with Crippen molar-refractivity contribution < 1.29 is 4.74 Å². The monoisotopic (exact) mass is 489 g/mol.